The minimum absolute atomic E-state index is 0.0807. The molecule has 0 aliphatic carbocycles. The van der Waals surface area contributed by atoms with Crippen molar-refractivity contribution in [2.45, 2.75) is 37.0 Å². The number of likely N-dealkylation sites (tertiary alicyclic amines) is 1. The average molecular weight is 369 g/mol. The van der Waals surface area contributed by atoms with E-state index in [0.717, 1.165) is 62.9 Å². The van der Waals surface area contributed by atoms with Gasteiger partial charge < -0.3 is 14.4 Å². The monoisotopic (exact) mass is 368 g/mol. The Morgan fingerprint density at radius 1 is 1.46 bits per heavy atom. The van der Waals surface area contributed by atoms with E-state index in [1.807, 2.05) is 29.0 Å². The van der Waals surface area contributed by atoms with Crippen LogP contribution in [0.15, 0.2) is 5.38 Å². The number of amides is 1. The molecule has 132 valence electrons. The fourth-order valence-corrected chi connectivity index (χ4v) is 5.87. The minimum atomic E-state index is 0.0807. The molecule has 1 aromatic rings. The predicted molar refractivity (Wildman–Crippen MR) is 95.8 cm³/mol. The molecule has 1 aromatic heterocycles. The second-order valence-corrected chi connectivity index (χ2v) is 9.67. The van der Waals surface area contributed by atoms with Crippen molar-refractivity contribution in [1.82, 2.24) is 9.88 Å². The summed E-state index contributed by atoms with van der Waals surface area (Å²) in [6, 6.07) is 0. The van der Waals surface area contributed by atoms with Crippen molar-refractivity contribution in [2.75, 3.05) is 38.7 Å². The molecular formula is C17H24N2O3S2. The highest BCUT2D eigenvalue weighted by molar-refractivity contribution is 8.01. The van der Waals surface area contributed by atoms with Crippen molar-refractivity contribution in [3.05, 3.63) is 16.1 Å². The molecule has 1 atom stereocenters. The third-order valence-corrected chi connectivity index (χ3v) is 7.52. The van der Waals surface area contributed by atoms with Gasteiger partial charge in [0, 0.05) is 44.0 Å². The smallest absolute Gasteiger partial charge is 0.273 e. The lowest BCUT2D eigenvalue weighted by molar-refractivity contribution is -0.0119. The molecule has 3 saturated heterocycles. The predicted octanol–water partition coefficient (Wildman–Crippen LogP) is 2.59. The maximum atomic E-state index is 12.4. The van der Waals surface area contributed by atoms with E-state index in [1.54, 1.807) is 0 Å². The van der Waals surface area contributed by atoms with Crippen LogP contribution in [-0.4, -0.2) is 65.3 Å². The number of thiazole rings is 1. The lowest BCUT2D eigenvalue weighted by Crippen LogP contribution is -2.60. The molecule has 0 radical (unpaired) electrons. The first-order valence-corrected chi connectivity index (χ1v) is 10.5. The molecule has 1 spiro atoms. The van der Waals surface area contributed by atoms with Gasteiger partial charge >= 0.3 is 0 Å². The third kappa shape index (κ3) is 3.49. The van der Waals surface area contributed by atoms with Gasteiger partial charge in [-0.05, 0) is 32.1 Å². The Kier molecular flexibility index (Phi) is 4.86. The molecule has 0 aromatic carbocycles. The highest BCUT2D eigenvalue weighted by atomic mass is 32.2. The molecule has 0 saturated carbocycles. The van der Waals surface area contributed by atoms with Crippen molar-refractivity contribution >= 4 is 29.0 Å². The molecule has 3 aliphatic heterocycles. The van der Waals surface area contributed by atoms with E-state index < -0.39 is 0 Å². The lowest BCUT2D eigenvalue weighted by Gasteiger charge is -2.47. The zero-order valence-corrected chi connectivity index (χ0v) is 15.7. The van der Waals surface area contributed by atoms with E-state index in [4.69, 9.17) is 9.47 Å². The maximum Gasteiger partial charge on any atom is 0.273 e. The first-order chi connectivity index (χ1) is 11.6. The molecule has 0 unspecified atom stereocenters. The van der Waals surface area contributed by atoms with Gasteiger partial charge in [-0.3, -0.25) is 4.79 Å². The van der Waals surface area contributed by atoms with E-state index in [2.05, 4.69) is 4.98 Å². The van der Waals surface area contributed by atoms with Gasteiger partial charge in [-0.1, -0.05) is 0 Å². The summed E-state index contributed by atoms with van der Waals surface area (Å²) < 4.78 is 11.8. The van der Waals surface area contributed by atoms with Crippen LogP contribution in [0, 0.1) is 12.8 Å². The summed E-state index contributed by atoms with van der Waals surface area (Å²) >= 11 is 3.52. The lowest BCUT2D eigenvalue weighted by atomic mass is 9.92. The molecule has 4 heterocycles. The van der Waals surface area contributed by atoms with E-state index >= 15 is 0 Å². The van der Waals surface area contributed by atoms with E-state index in [-0.39, 0.29) is 10.7 Å². The van der Waals surface area contributed by atoms with Crippen molar-refractivity contribution in [1.29, 1.82) is 0 Å². The Labute approximate surface area is 151 Å². The number of carbonyl (C=O) groups is 1. The van der Waals surface area contributed by atoms with Gasteiger partial charge in [-0.15, -0.1) is 23.1 Å². The van der Waals surface area contributed by atoms with Crippen LogP contribution in [0.25, 0.3) is 0 Å². The molecule has 1 amide bonds. The number of carbonyl (C=O) groups excluding carboxylic acids is 1. The second kappa shape index (κ2) is 6.94. The summed E-state index contributed by atoms with van der Waals surface area (Å²) in [5.41, 5.74) is 0.600. The molecule has 7 heteroatoms. The van der Waals surface area contributed by atoms with Gasteiger partial charge in [-0.2, -0.15) is 0 Å². The van der Waals surface area contributed by atoms with Crippen molar-refractivity contribution < 1.29 is 14.3 Å². The average Bonchev–Trinajstić information content (AvgIpc) is 3.18. The summed E-state index contributed by atoms with van der Waals surface area (Å²) in [5.74, 6) is 1.80. The number of nitrogens with zero attached hydrogens (tertiary/aromatic N) is 2. The van der Waals surface area contributed by atoms with E-state index in [9.17, 15) is 4.79 Å². The third-order valence-electron chi connectivity index (χ3n) is 5.17. The summed E-state index contributed by atoms with van der Waals surface area (Å²) in [7, 11) is 0. The zero-order valence-electron chi connectivity index (χ0n) is 14.0. The van der Waals surface area contributed by atoms with E-state index in [1.165, 1.54) is 11.3 Å². The molecule has 3 aliphatic rings. The van der Waals surface area contributed by atoms with Gasteiger partial charge in [0.1, 0.15) is 5.69 Å². The Bertz CT molecular complexity index is 594. The number of thioether (sulfide) groups is 1. The highest BCUT2D eigenvalue weighted by Gasteiger charge is 2.51. The SMILES string of the molecule is Cc1nc(C(=O)N2CC3(C[C@H](OCC4CCOCC4)CS3)C2)cs1. The normalized spacial score (nSPS) is 26.7. The molecule has 0 bridgehead atoms. The number of rotatable bonds is 4. The maximum absolute atomic E-state index is 12.4. The van der Waals surface area contributed by atoms with Gasteiger partial charge in [0.2, 0.25) is 0 Å². The van der Waals surface area contributed by atoms with Crippen LogP contribution in [0.3, 0.4) is 0 Å². The zero-order chi connectivity index (χ0) is 16.6. The Balaban J connectivity index is 1.23. The Morgan fingerprint density at radius 3 is 2.96 bits per heavy atom. The van der Waals surface area contributed by atoms with Crippen LogP contribution in [0.5, 0.6) is 0 Å². The first kappa shape index (κ1) is 16.8. The number of hydrogen-bond acceptors (Lipinski definition) is 6. The molecular weight excluding hydrogens is 344 g/mol. The van der Waals surface area contributed by atoms with Crippen molar-refractivity contribution in [3.8, 4) is 0 Å². The van der Waals surface area contributed by atoms with Crippen LogP contribution in [0.1, 0.15) is 34.8 Å². The first-order valence-electron chi connectivity index (χ1n) is 8.68. The number of aryl methyl sites for hydroxylation is 1. The van der Waals surface area contributed by atoms with Crippen LogP contribution < -0.4 is 0 Å². The molecule has 24 heavy (non-hydrogen) atoms. The fraction of sp³-hybridized carbons (Fsp3) is 0.765. The Hall–Kier alpha value is -0.630. The van der Waals surface area contributed by atoms with Gasteiger partial charge in [-0.25, -0.2) is 4.98 Å². The number of aromatic nitrogens is 1. The minimum Gasteiger partial charge on any atom is -0.381 e. The summed E-state index contributed by atoms with van der Waals surface area (Å²) in [4.78, 5) is 18.7. The van der Waals surface area contributed by atoms with Gasteiger partial charge in [0.05, 0.1) is 15.9 Å². The summed E-state index contributed by atoms with van der Waals surface area (Å²) in [6.07, 6.45) is 3.66. The van der Waals surface area contributed by atoms with Crippen molar-refractivity contribution in [2.24, 2.45) is 5.92 Å². The topological polar surface area (TPSA) is 51.7 Å². The van der Waals surface area contributed by atoms with Gasteiger partial charge in [0.15, 0.2) is 0 Å². The van der Waals surface area contributed by atoms with Crippen molar-refractivity contribution in [3.63, 3.8) is 0 Å². The summed E-state index contributed by atoms with van der Waals surface area (Å²) in [6.45, 7) is 6.24. The quantitative estimate of drug-likeness (QED) is 0.818. The van der Waals surface area contributed by atoms with Crippen LogP contribution in [0.2, 0.25) is 0 Å². The number of ether oxygens (including phenoxy) is 2. The highest BCUT2D eigenvalue weighted by Crippen LogP contribution is 2.46. The van der Waals surface area contributed by atoms with E-state index in [0.29, 0.717) is 17.7 Å². The molecule has 0 N–H and O–H groups in total. The molecule has 5 nitrogen and oxygen atoms in total. The largest absolute Gasteiger partial charge is 0.381 e. The summed E-state index contributed by atoms with van der Waals surface area (Å²) in [5, 5.41) is 2.81. The number of hydrogen-bond donors (Lipinski definition) is 0. The second-order valence-electron chi connectivity index (χ2n) is 7.12. The standard InChI is InChI=1S/C17H24N2O3S2/c1-12-18-15(9-23-12)16(20)19-10-17(11-19)6-14(8-24-17)22-7-13-2-4-21-5-3-13/h9,13-14H,2-8,10-11H2,1H3/t14-/m0/s1. The molecule has 3 fully saturated rings. The molecule has 4 rings (SSSR count). The Morgan fingerprint density at radius 2 is 2.25 bits per heavy atom. The van der Waals surface area contributed by atoms with Crippen LogP contribution >= 0.6 is 23.1 Å². The fourth-order valence-electron chi connectivity index (χ4n) is 3.73. The van der Waals surface area contributed by atoms with Crippen LogP contribution in [-0.2, 0) is 9.47 Å². The van der Waals surface area contributed by atoms with Crippen LogP contribution in [0.4, 0.5) is 0 Å². The van der Waals surface area contributed by atoms with Gasteiger partial charge in [0.25, 0.3) is 5.91 Å².